The number of nitrogens with zero attached hydrogens (tertiary/aromatic N) is 2. The minimum atomic E-state index is 0.622. The average molecular weight is 211 g/mol. The molecular formula is C10H17N3S. The molecule has 1 aliphatic heterocycles. The van der Waals surface area contributed by atoms with Crippen LogP contribution < -0.4 is 5.32 Å². The number of rotatable bonds is 2. The van der Waals surface area contributed by atoms with E-state index in [4.69, 9.17) is 0 Å². The zero-order valence-corrected chi connectivity index (χ0v) is 9.60. The van der Waals surface area contributed by atoms with E-state index in [9.17, 15) is 0 Å². The Morgan fingerprint density at radius 3 is 2.79 bits per heavy atom. The first-order chi connectivity index (χ1) is 6.74. The number of likely N-dealkylation sites (tertiary alicyclic amines) is 1. The predicted molar refractivity (Wildman–Crippen MR) is 61.0 cm³/mol. The second-order valence-corrected chi connectivity index (χ2v) is 5.23. The van der Waals surface area contributed by atoms with Crippen molar-refractivity contribution in [1.29, 1.82) is 0 Å². The minimum Gasteiger partial charge on any atom is -0.359 e. The summed E-state index contributed by atoms with van der Waals surface area (Å²) < 4.78 is 0. The molecule has 0 aromatic carbocycles. The molecule has 1 N–H and O–H groups in total. The van der Waals surface area contributed by atoms with Crippen LogP contribution in [0.1, 0.15) is 17.7 Å². The van der Waals surface area contributed by atoms with E-state index in [1.54, 1.807) is 11.3 Å². The third-order valence-electron chi connectivity index (χ3n) is 2.67. The fourth-order valence-electron chi connectivity index (χ4n) is 1.75. The highest BCUT2D eigenvalue weighted by Crippen LogP contribution is 2.20. The Balaban J connectivity index is 1.86. The third kappa shape index (κ3) is 2.45. The number of piperidine rings is 1. The summed E-state index contributed by atoms with van der Waals surface area (Å²) in [7, 11) is 2.18. The number of hydrogen-bond donors (Lipinski definition) is 1. The van der Waals surface area contributed by atoms with E-state index in [0.29, 0.717) is 6.04 Å². The number of aromatic nitrogens is 1. The summed E-state index contributed by atoms with van der Waals surface area (Å²) in [5.74, 6) is 0. The lowest BCUT2D eigenvalue weighted by molar-refractivity contribution is 0.264. The summed E-state index contributed by atoms with van der Waals surface area (Å²) in [5, 5.41) is 4.58. The van der Waals surface area contributed by atoms with Gasteiger partial charge in [0.05, 0.1) is 0 Å². The van der Waals surface area contributed by atoms with Gasteiger partial charge >= 0.3 is 0 Å². The summed E-state index contributed by atoms with van der Waals surface area (Å²) in [6.45, 7) is 4.49. The predicted octanol–water partition coefficient (Wildman–Crippen LogP) is 1.96. The lowest BCUT2D eigenvalue weighted by atomic mass is 10.1. The summed E-state index contributed by atoms with van der Waals surface area (Å²) in [6, 6.07) is 0.622. The van der Waals surface area contributed by atoms with Crippen molar-refractivity contribution in [2.24, 2.45) is 0 Å². The molecule has 78 valence electrons. The maximum Gasteiger partial charge on any atom is 0.183 e. The fourth-order valence-corrected chi connectivity index (χ4v) is 2.49. The van der Waals surface area contributed by atoms with Crippen molar-refractivity contribution in [2.75, 3.05) is 25.5 Å². The molecule has 0 amide bonds. The van der Waals surface area contributed by atoms with Gasteiger partial charge in [-0.15, -0.1) is 11.3 Å². The van der Waals surface area contributed by atoms with Crippen LogP contribution in [0.15, 0.2) is 6.20 Å². The van der Waals surface area contributed by atoms with Gasteiger partial charge in [-0.05, 0) is 39.9 Å². The fraction of sp³-hybridized carbons (Fsp3) is 0.700. The third-order valence-corrected chi connectivity index (χ3v) is 3.51. The van der Waals surface area contributed by atoms with E-state index in [0.717, 1.165) is 5.13 Å². The lowest BCUT2D eigenvalue weighted by Crippen LogP contribution is -2.36. The van der Waals surface area contributed by atoms with E-state index in [1.165, 1.54) is 30.8 Å². The molecule has 1 saturated heterocycles. The summed E-state index contributed by atoms with van der Waals surface area (Å²) in [4.78, 5) is 7.98. The van der Waals surface area contributed by atoms with Crippen LogP contribution in [0.3, 0.4) is 0 Å². The highest BCUT2D eigenvalue weighted by Gasteiger charge is 2.16. The smallest absolute Gasteiger partial charge is 0.183 e. The van der Waals surface area contributed by atoms with Crippen molar-refractivity contribution in [1.82, 2.24) is 9.88 Å². The molecule has 14 heavy (non-hydrogen) atoms. The van der Waals surface area contributed by atoms with Crippen molar-refractivity contribution in [3.8, 4) is 0 Å². The van der Waals surface area contributed by atoms with Gasteiger partial charge in [-0.3, -0.25) is 0 Å². The van der Waals surface area contributed by atoms with Gasteiger partial charge in [0.2, 0.25) is 0 Å². The summed E-state index contributed by atoms with van der Waals surface area (Å²) in [6.07, 6.45) is 4.40. The van der Waals surface area contributed by atoms with Crippen molar-refractivity contribution in [3.05, 3.63) is 11.1 Å². The van der Waals surface area contributed by atoms with Gasteiger partial charge in [-0.2, -0.15) is 0 Å². The summed E-state index contributed by atoms with van der Waals surface area (Å²) in [5.41, 5.74) is 0. The molecule has 0 unspecified atom stereocenters. The van der Waals surface area contributed by atoms with Gasteiger partial charge in [0.25, 0.3) is 0 Å². The van der Waals surface area contributed by atoms with Gasteiger partial charge in [0, 0.05) is 17.1 Å². The van der Waals surface area contributed by atoms with E-state index in [2.05, 4.69) is 29.2 Å². The van der Waals surface area contributed by atoms with Crippen molar-refractivity contribution in [3.63, 3.8) is 0 Å². The molecule has 1 aliphatic rings. The highest BCUT2D eigenvalue weighted by molar-refractivity contribution is 7.15. The van der Waals surface area contributed by atoms with Crippen molar-refractivity contribution < 1.29 is 0 Å². The first-order valence-electron chi connectivity index (χ1n) is 5.11. The molecule has 0 atom stereocenters. The van der Waals surface area contributed by atoms with Gasteiger partial charge in [0.15, 0.2) is 5.13 Å². The first kappa shape index (κ1) is 9.93. The Kier molecular flexibility index (Phi) is 3.03. The molecule has 0 bridgehead atoms. The number of thiazole rings is 1. The molecule has 1 aromatic heterocycles. The Bertz CT molecular complexity index is 289. The first-order valence-corrected chi connectivity index (χ1v) is 5.93. The Morgan fingerprint density at radius 1 is 1.50 bits per heavy atom. The van der Waals surface area contributed by atoms with Gasteiger partial charge in [-0.25, -0.2) is 4.98 Å². The highest BCUT2D eigenvalue weighted by atomic mass is 32.1. The van der Waals surface area contributed by atoms with Crippen LogP contribution in [0.25, 0.3) is 0 Å². The van der Waals surface area contributed by atoms with Gasteiger partial charge in [0.1, 0.15) is 0 Å². The van der Waals surface area contributed by atoms with Crippen LogP contribution in [0, 0.1) is 6.92 Å². The van der Waals surface area contributed by atoms with Crippen LogP contribution in [-0.4, -0.2) is 36.1 Å². The molecule has 0 saturated carbocycles. The molecule has 0 aliphatic carbocycles. The topological polar surface area (TPSA) is 28.2 Å². The Morgan fingerprint density at radius 2 is 2.21 bits per heavy atom. The average Bonchev–Trinajstić information content (AvgIpc) is 2.56. The summed E-state index contributed by atoms with van der Waals surface area (Å²) >= 11 is 1.75. The largest absolute Gasteiger partial charge is 0.359 e. The Hall–Kier alpha value is -0.610. The minimum absolute atomic E-state index is 0.622. The SMILES string of the molecule is Cc1cnc(NC2CCN(C)CC2)s1. The molecule has 2 heterocycles. The van der Waals surface area contributed by atoms with E-state index in [-0.39, 0.29) is 0 Å². The molecule has 0 radical (unpaired) electrons. The van der Waals surface area contributed by atoms with Crippen LogP contribution in [-0.2, 0) is 0 Å². The van der Waals surface area contributed by atoms with E-state index < -0.39 is 0 Å². The molecule has 0 spiro atoms. The quantitative estimate of drug-likeness (QED) is 0.810. The number of anilines is 1. The van der Waals surface area contributed by atoms with E-state index >= 15 is 0 Å². The lowest BCUT2D eigenvalue weighted by Gasteiger charge is -2.29. The normalized spacial score (nSPS) is 19.9. The molecular weight excluding hydrogens is 194 g/mol. The van der Waals surface area contributed by atoms with E-state index in [1.807, 2.05) is 6.20 Å². The van der Waals surface area contributed by atoms with Crippen molar-refractivity contribution in [2.45, 2.75) is 25.8 Å². The maximum atomic E-state index is 4.32. The number of aryl methyl sites for hydroxylation is 1. The van der Waals surface area contributed by atoms with Gasteiger partial charge in [-0.1, -0.05) is 0 Å². The zero-order chi connectivity index (χ0) is 9.97. The monoisotopic (exact) mass is 211 g/mol. The van der Waals surface area contributed by atoms with Crippen LogP contribution in [0.4, 0.5) is 5.13 Å². The molecule has 2 rings (SSSR count). The molecule has 1 aromatic rings. The second kappa shape index (κ2) is 4.28. The number of hydrogen-bond acceptors (Lipinski definition) is 4. The van der Waals surface area contributed by atoms with Gasteiger partial charge < -0.3 is 10.2 Å². The molecule has 1 fully saturated rings. The van der Waals surface area contributed by atoms with Crippen LogP contribution in [0.2, 0.25) is 0 Å². The maximum absolute atomic E-state index is 4.32. The molecule has 4 heteroatoms. The zero-order valence-electron chi connectivity index (χ0n) is 8.79. The molecule has 3 nitrogen and oxygen atoms in total. The van der Waals surface area contributed by atoms with Crippen LogP contribution >= 0.6 is 11.3 Å². The second-order valence-electron chi connectivity index (χ2n) is 4.00. The van der Waals surface area contributed by atoms with Crippen molar-refractivity contribution >= 4 is 16.5 Å². The Labute approximate surface area is 89.1 Å². The standard InChI is InChI=1S/C10H17N3S/c1-8-7-11-10(14-8)12-9-3-5-13(2)6-4-9/h7,9H,3-6H2,1-2H3,(H,11,12). The number of nitrogens with one attached hydrogen (secondary N) is 1. The van der Waals surface area contributed by atoms with Crippen LogP contribution in [0.5, 0.6) is 0 Å².